The van der Waals surface area contributed by atoms with Gasteiger partial charge in [0.15, 0.2) is 0 Å². The van der Waals surface area contributed by atoms with Crippen molar-refractivity contribution in [3.63, 3.8) is 0 Å². The topological polar surface area (TPSA) is 37.1 Å². The fourth-order valence-corrected chi connectivity index (χ4v) is 1.50. The summed E-state index contributed by atoms with van der Waals surface area (Å²) >= 11 is 0. The van der Waals surface area contributed by atoms with Crippen molar-refractivity contribution in [3.05, 3.63) is 11.8 Å². The quantitative estimate of drug-likeness (QED) is 0.540. The molecule has 0 radical (unpaired) electrons. The van der Waals surface area contributed by atoms with Crippen LogP contribution in [0.25, 0.3) is 0 Å². The molecule has 0 aromatic rings. The van der Waals surface area contributed by atoms with Gasteiger partial charge in [-0.05, 0) is 5.41 Å². The lowest BCUT2D eigenvalue weighted by atomic mass is 9.80. The summed E-state index contributed by atoms with van der Waals surface area (Å²) in [5.41, 5.74) is 2.35. The van der Waals surface area contributed by atoms with Gasteiger partial charge in [0.05, 0.1) is 11.6 Å². The molecule has 0 aromatic heterocycles. The highest BCUT2D eigenvalue weighted by atomic mass is 15.2. The molecule has 2 aliphatic rings. The van der Waals surface area contributed by atoms with E-state index >= 15 is 0 Å². The molecule has 0 saturated carbocycles. The van der Waals surface area contributed by atoms with Crippen LogP contribution in [-0.4, -0.2) is 18.1 Å². The maximum absolute atomic E-state index is 4.21. The lowest BCUT2D eigenvalue weighted by Gasteiger charge is -2.25. The normalized spacial score (nSPS) is 25.6. The van der Waals surface area contributed by atoms with E-state index in [-0.39, 0.29) is 11.3 Å². The smallest absolute Gasteiger partial charge is 0.0821 e. The second-order valence-corrected chi connectivity index (χ2v) is 4.37. The van der Waals surface area contributed by atoms with Crippen molar-refractivity contribution in [3.8, 4) is 0 Å². The molecule has 1 unspecified atom stereocenters. The first kappa shape index (κ1) is 8.35. The van der Waals surface area contributed by atoms with Crippen molar-refractivity contribution >= 4 is 18.1 Å². The molecule has 2 heterocycles. The molecular weight excluding hydrogens is 162 g/mol. The molecule has 68 valence electrons. The van der Waals surface area contributed by atoms with Gasteiger partial charge in [-0.3, -0.25) is 4.99 Å². The third-order valence-corrected chi connectivity index (χ3v) is 2.24. The Morgan fingerprint density at radius 1 is 1.23 bits per heavy atom. The number of rotatable bonds is 0. The Morgan fingerprint density at radius 3 is 2.69 bits per heavy atom. The molecule has 3 heteroatoms. The highest BCUT2D eigenvalue weighted by molar-refractivity contribution is 6.21. The van der Waals surface area contributed by atoms with Gasteiger partial charge in [0, 0.05) is 24.2 Å². The Bertz CT molecular complexity index is 340. The summed E-state index contributed by atoms with van der Waals surface area (Å²) in [5, 5.41) is 8.05. The van der Waals surface area contributed by atoms with Crippen LogP contribution in [0.15, 0.2) is 27.0 Å². The molecule has 0 spiro atoms. The number of hydrogen-bond acceptors (Lipinski definition) is 3. The maximum atomic E-state index is 4.21. The lowest BCUT2D eigenvalue weighted by molar-refractivity contribution is 0.521. The van der Waals surface area contributed by atoms with Gasteiger partial charge >= 0.3 is 0 Å². The maximum Gasteiger partial charge on any atom is 0.0821 e. The highest BCUT2D eigenvalue weighted by Gasteiger charge is 2.30. The van der Waals surface area contributed by atoms with E-state index in [0.29, 0.717) is 0 Å². The summed E-state index contributed by atoms with van der Waals surface area (Å²) in [6.07, 6.45) is 5.60. The van der Waals surface area contributed by atoms with Crippen molar-refractivity contribution in [1.82, 2.24) is 0 Å². The monoisotopic (exact) mass is 175 g/mol. The summed E-state index contributed by atoms with van der Waals surface area (Å²) in [6.45, 7) is 6.49. The fourth-order valence-electron chi connectivity index (χ4n) is 1.50. The Labute approximate surface area is 78.0 Å². The van der Waals surface area contributed by atoms with Crippen LogP contribution in [0.1, 0.15) is 20.8 Å². The summed E-state index contributed by atoms with van der Waals surface area (Å²) in [6, 6.07) is 0. The zero-order valence-corrected chi connectivity index (χ0v) is 8.15. The van der Waals surface area contributed by atoms with E-state index in [1.165, 1.54) is 5.57 Å². The Hall–Kier alpha value is -1.25. The van der Waals surface area contributed by atoms with E-state index in [4.69, 9.17) is 0 Å². The zero-order chi connectivity index (χ0) is 9.47. The standard InChI is InChI=1S/C10H13N3/c1-10(2,3)8-6-11-4-7-5-12-13-9(7)8/h4-7H,1-3H3. The van der Waals surface area contributed by atoms with Gasteiger partial charge in [-0.25, -0.2) is 0 Å². The molecule has 0 aromatic carbocycles. The van der Waals surface area contributed by atoms with Crippen molar-refractivity contribution in [1.29, 1.82) is 0 Å². The predicted molar refractivity (Wildman–Crippen MR) is 55.4 cm³/mol. The van der Waals surface area contributed by atoms with E-state index < -0.39 is 0 Å². The first-order valence-corrected chi connectivity index (χ1v) is 4.44. The molecule has 1 atom stereocenters. The van der Waals surface area contributed by atoms with Gasteiger partial charge in [-0.1, -0.05) is 20.8 Å². The molecule has 0 saturated heterocycles. The minimum absolute atomic E-state index is 0.0997. The van der Waals surface area contributed by atoms with Gasteiger partial charge in [0.2, 0.25) is 0 Å². The van der Waals surface area contributed by atoms with Crippen LogP contribution in [-0.2, 0) is 0 Å². The second kappa shape index (κ2) is 2.62. The zero-order valence-electron chi connectivity index (χ0n) is 8.15. The van der Waals surface area contributed by atoms with Gasteiger partial charge in [0.1, 0.15) is 0 Å². The molecule has 2 rings (SSSR count). The third kappa shape index (κ3) is 1.34. The largest absolute Gasteiger partial charge is 0.268 e. The van der Waals surface area contributed by atoms with Crippen LogP contribution >= 0.6 is 0 Å². The van der Waals surface area contributed by atoms with E-state index in [1.807, 2.05) is 18.6 Å². The first-order chi connectivity index (χ1) is 6.09. The molecule has 0 aliphatic carbocycles. The molecule has 3 nitrogen and oxygen atoms in total. The fraction of sp³-hybridized carbons (Fsp3) is 0.500. The van der Waals surface area contributed by atoms with Crippen LogP contribution < -0.4 is 0 Å². The van der Waals surface area contributed by atoms with Gasteiger partial charge in [0.25, 0.3) is 0 Å². The van der Waals surface area contributed by atoms with E-state index in [9.17, 15) is 0 Å². The van der Waals surface area contributed by atoms with E-state index in [0.717, 1.165) is 5.71 Å². The summed E-state index contributed by atoms with van der Waals surface area (Å²) in [4.78, 5) is 4.21. The van der Waals surface area contributed by atoms with Gasteiger partial charge < -0.3 is 0 Å². The lowest BCUT2D eigenvalue weighted by Crippen LogP contribution is -2.26. The average Bonchev–Trinajstić information content (AvgIpc) is 2.48. The van der Waals surface area contributed by atoms with E-state index in [2.05, 4.69) is 36.0 Å². The van der Waals surface area contributed by atoms with E-state index in [1.54, 1.807) is 0 Å². The minimum Gasteiger partial charge on any atom is -0.268 e. The van der Waals surface area contributed by atoms with Crippen LogP contribution in [0.3, 0.4) is 0 Å². The van der Waals surface area contributed by atoms with Crippen LogP contribution in [0.4, 0.5) is 0 Å². The third-order valence-electron chi connectivity index (χ3n) is 2.24. The van der Waals surface area contributed by atoms with Gasteiger partial charge in [-0.2, -0.15) is 10.2 Å². The number of fused-ring (bicyclic) bond motifs is 1. The molecule has 0 N–H and O–H groups in total. The molecule has 2 aliphatic heterocycles. The number of hydrogen-bond donors (Lipinski definition) is 0. The summed E-state index contributed by atoms with van der Waals surface area (Å²) in [7, 11) is 0. The van der Waals surface area contributed by atoms with Crippen molar-refractivity contribution < 1.29 is 0 Å². The van der Waals surface area contributed by atoms with Gasteiger partial charge in [-0.15, -0.1) is 0 Å². The molecule has 0 fully saturated rings. The van der Waals surface area contributed by atoms with Crippen molar-refractivity contribution in [2.45, 2.75) is 20.8 Å². The van der Waals surface area contributed by atoms with Crippen LogP contribution in [0, 0.1) is 11.3 Å². The molecular formula is C10H13N3. The van der Waals surface area contributed by atoms with Crippen molar-refractivity contribution in [2.75, 3.05) is 0 Å². The first-order valence-electron chi connectivity index (χ1n) is 4.44. The van der Waals surface area contributed by atoms with Crippen LogP contribution in [0.2, 0.25) is 0 Å². The second-order valence-electron chi connectivity index (χ2n) is 4.37. The minimum atomic E-state index is 0.0997. The van der Waals surface area contributed by atoms with Crippen molar-refractivity contribution in [2.24, 2.45) is 26.5 Å². The number of nitrogens with zero attached hydrogens (tertiary/aromatic N) is 3. The Kier molecular flexibility index (Phi) is 1.68. The van der Waals surface area contributed by atoms with Crippen LogP contribution in [0.5, 0.6) is 0 Å². The highest BCUT2D eigenvalue weighted by Crippen LogP contribution is 2.31. The Morgan fingerprint density at radius 2 is 2.00 bits per heavy atom. The summed E-state index contributed by atoms with van der Waals surface area (Å²) in [5.74, 6) is 0.208. The SMILES string of the molecule is CC(C)(C)C1=CN=CC2C=NN=C12. The number of aliphatic imine (C=N–C) groups is 1. The average molecular weight is 175 g/mol. The molecule has 0 bridgehead atoms. The predicted octanol–water partition coefficient (Wildman–Crippen LogP) is 2.06. The molecule has 13 heavy (non-hydrogen) atoms. The summed E-state index contributed by atoms with van der Waals surface area (Å²) < 4.78 is 0. The Balaban J connectivity index is 2.40. The number of allylic oxidation sites excluding steroid dienone is 1. The molecule has 0 amide bonds.